The third-order valence-corrected chi connectivity index (χ3v) is 6.29. The summed E-state index contributed by atoms with van der Waals surface area (Å²) in [4.78, 5) is 13.8. The average molecular weight is 343 g/mol. The minimum Gasteiger partial charge on any atom is -0.399 e. The third kappa shape index (κ3) is 2.50. The molecule has 0 unspecified atom stereocenters. The topological polar surface area (TPSA) is 92.5 Å². The number of urea groups is 1. The lowest BCUT2D eigenvalue weighted by Crippen LogP contribution is -2.36. The van der Waals surface area contributed by atoms with Gasteiger partial charge in [-0.05, 0) is 35.4 Å². The van der Waals surface area contributed by atoms with E-state index in [9.17, 15) is 13.2 Å². The number of benzene rings is 2. The average Bonchev–Trinajstić information content (AvgIpc) is 2.98. The molecule has 2 aliphatic heterocycles. The molecule has 2 aliphatic rings. The Bertz CT molecular complexity index is 892. The van der Waals surface area contributed by atoms with Crippen LogP contribution in [0.5, 0.6) is 0 Å². The molecule has 0 bridgehead atoms. The predicted molar refractivity (Wildman–Crippen MR) is 93.5 cm³/mol. The van der Waals surface area contributed by atoms with Crippen LogP contribution in [-0.2, 0) is 9.84 Å². The highest BCUT2D eigenvalue weighted by molar-refractivity contribution is 7.91. The molecule has 2 aromatic rings. The monoisotopic (exact) mass is 343 g/mol. The number of nitrogens with one attached hydrogen (secondary N) is 1. The van der Waals surface area contributed by atoms with E-state index in [4.69, 9.17) is 5.73 Å². The molecule has 0 aromatic heterocycles. The van der Waals surface area contributed by atoms with Crippen LogP contribution in [0.15, 0.2) is 48.5 Å². The Labute approximate surface area is 140 Å². The Hall–Kier alpha value is -2.54. The summed E-state index contributed by atoms with van der Waals surface area (Å²) in [6.07, 6.45) is 0. The summed E-state index contributed by atoms with van der Waals surface area (Å²) in [5, 5.41) is 2.77. The first kappa shape index (κ1) is 15.0. The number of sulfone groups is 1. The predicted octanol–water partition coefficient (Wildman–Crippen LogP) is 1.63. The number of fused-ring (bicyclic) bond motifs is 1. The number of nitrogens with two attached hydrogens (primary N) is 1. The maximum absolute atomic E-state index is 12.2. The third-order valence-electron chi connectivity index (χ3n) is 4.57. The van der Waals surface area contributed by atoms with E-state index < -0.39 is 9.84 Å². The second-order valence-electron chi connectivity index (χ2n) is 6.24. The molecule has 2 amide bonds. The second kappa shape index (κ2) is 5.24. The fourth-order valence-electron chi connectivity index (χ4n) is 3.40. The zero-order chi connectivity index (χ0) is 16.9. The minimum atomic E-state index is -3.09. The Morgan fingerprint density at radius 1 is 0.958 bits per heavy atom. The van der Waals surface area contributed by atoms with Gasteiger partial charge in [-0.1, -0.05) is 24.3 Å². The van der Waals surface area contributed by atoms with Gasteiger partial charge < -0.3 is 11.1 Å². The summed E-state index contributed by atoms with van der Waals surface area (Å²) in [6, 6.07) is 14.2. The molecule has 6 nitrogen and oxygen atoms in total. The maximum atomic E-state index is 12.2. The molecule has 0 radical (unpaired) electrons. The van der Waals surface area contributed by atoms with Crippen LogP contribution in [0, 0.1) is 0 Å². The molecule has 2 aromatic carbocycles. The van der Waals surface area contributed by atoms with E-state index in [-0.39, 0.29) is 29.6 Å². The van der Waals surface area contributed by atoms with Crippen molar-refractivity contribution in [2.24, 2.45) is 0 Å². The Morgan fingerprint density at radius 2 is 1.54 bits per heavy atom. The van der Waals surface area contributed by atoms with E-state index >= 15 is 0 Å². The standard InChI is InChI=1S/C17H17N3O3S/c18-13-5-1-11(2-6-13)12-3-7-14(8-4-12)20-16-10-24(22,23)9-15(16)19-17(20)21/h1-8,15-16H,9-10,18H2,(H,19,21)/t15-,16-/m1/s1. The molecule has 0 aliphatic carbocycles. The van der Waals surface area contributed by atoms with Crippen LogP contribution >= 0.6 is 0 Å². The Morgan fingerprint density at radius 3 is 2.17 bits per heavy atom. The van der Waals surface area contributed by atoms with Crippen molar-refractivity contribution in [3.63, 3.8) is 0 Å². The van der Waals surface area contributed by atoms with Gasteiger partial charge in [0, 0.05) is 11.4 Å². The molecule has 2 heterocycles. The number of amides is 2. The molecule has 0 spiro atoms. The van der Waals surface area contributed by atoms with Gasteiger partial charge in [0.05, 0.1) is 23.6 Å². The van der Waals surface area contributed by atoms with Gasteiger partial charge in [-0.25, -0.2) is 13.2 Å². The molecule has 2 atom stereocenters. The van der Waals surface area contributed by atoms with Gasteiger partial charge in [-0.15, -0.1) is 0 Å². The number of nitrogen functional groups attached to an aromatic ring is 1. The number of nitrogens with zero attached hydrogens (tertiary/aromatic N) is 1. The first-order valence-electron chi connectivity index (χ1n) is 7.69. The highest BCUT2D eigenvalue weighted by Crippen LogP contribution is 2.31. The highest BCUT2D eigenvalue weighted by Gasteiger charge is 2.49. The quantitative estimate of drug-likeness (QED) is 0.640. The molecule has 2 saturated heterocycles. The van der Waals surface area contributed by atoms with Crippen molar-refractivity contribution < 1.29 is 13.2 Å². The summed E-state index contributed by atoms with van der Waals surface area (Å²) in [5.74, 6) is 0.0273. The van der Waals surface area contributed by atoms with Gasteiger partial charge in [0.2, 0.25) is 0 Å². The Kier molecular flexibility index (Phi) is 3.28. The maximum Gasteiger partial charge on any atom is 0.322 e. The SMILES string of the molecule is Nc1ccc(-c2ccc(N3C(=O)N[C@@H]4CS(=O)(=O)C[C@H]43)cc2)cc1. The Balaban J connectivity index is 1.63. The number of hydrogen-bond acceptors (Lipinski definition) is 4. The molecule has 24 heavy (non-hydrogen) atoms. The molecule has 4 rings (SSSR count). The van der Waals surface area contributed by atoms with Gasteiger partial charge in [0.1, 0.15) is 0 Å². The smallest absolute Gasteiger partial charge is 0.322 e. The van der Waals surface area contributed by atoms with Crippen LogP contribution in [0.2, 0.25) is 0 Å². The van der Waals surface area contributed by atoms with E-state index in [1.54, 1.807) is 4.90 Å². The van der Waals surface area contributed by atoms with E-state index in [2.05, 4.69) is 5.32 Å². The fourth-order valence-corrected chi connectivity index (χ4v) is 5.29. The van der Waals surface area contributed by atoms with Crippen LogP contribution in [-0.4, -0.2) is 38.0 Å². The lowest BCUT2D eigenvalue weighted by atomic mass is 10.0. The van der Waals surface area contributed by atoms with Crippen LogP contribution in [0.3, 0.4) is 0 Å². The van der Waals surface area contributed by atoms with E-state index in [1.165, 1.54) is 0 Å². The van der Waals surface area contributed by atoms with Gasteiger partial charge in [0.15, 0.2) is 9.84 Å². The molecule has 7 heteroatoms. The van der Waals surface area contributed by atoms with Crippen molar-refractivity contribution in [3.05, 3.63) is 48.5 Å². The lowest BCUT2D eigenvalue weighted by Gasteiger charge is -2.21. The van der Waals surface area contributed by atoms with E-state index in [1.807, 2.05) is 48.5 Å². The first-order valence-corrected chi connectivity index (χ1v) is 9.51. The number of carbonyl (C=O) groups is 1. The summed E-state index contributed by atoms with van der Waals surface area (Å²) >= 11 is 0. The molecular weight excluding hydrogens is 326 g/mol. The van der Waals surface area contributed by atoms with Crippen LogP contribution in [0.1, 0.15) is 0 Å². The van der Waals surface area contributed by atoms with Gasteiger partial charge in [-0.3, -0.25) is 4.90 Å². The van der Waals surface area contributed by atoms with Crippen molar-refractivity contribution in [1.29, 1.82) is 0 Å². The molecule has 3 N–H and O–H groups in total. The minimum absolute atomic E-state index is 0.0100. The van der Waals surface area contributed by atoms with Crippen molar-refractivity contribution >= 4 is 27.2 Å². The van der Waals surface area contributed by atoms with E-state index in [0.717, 1.165) is 11.1 Å². The molecule has 2 fully saturated rings. The second-order valence-corrected chi connectivity index (χ2v) is 8.39. The highest BCUT2D eigenvalue weighted by atomic mass is 32.2. The number of hydrogen-bond donors (Lipinski definition) is 2. The van der Waals surface area contributed by atoms with Crippen molar-refractivity contribution in [1.82, 2.24) is 5.32 Å². The lowest BCUT2D eigenvalue weighted by molar-refractivity contribution is 0.251. The van der Waals surface area contributed by atoms with Crippen LogP contribution in [0.4, 0.5) is 16.2 Å². The zero-order valence-corrected chi connectivity index (χ0v) is 13.7. The summed E-state index contributed by atoms with van der Waals surface area (Å²) in [6.45, 7) is 0. The van der Waals surface area contributed by atoms with Crippen LogP contribution in [0.25, 0.3) is 11.1 Å². The zero-order valence-electron chi connectivity index (χ0n) is 12.8. The van der Waals surface area contributed by atoms with E-state index in [0.29, 0.717) is 11.4 Å². The summed E-state index contributed by atoms with van der Waals surface area (Å²) in [5.41, 5.74) is 9.15. The summed E-state index contributed by atoms with van der Waals surface area (Å²) in [7, 11) is -3.09. The molecule has 0 saturated carbocycles. The van der Waals surface area contributed by atoms with Gasteiger partial charge >= 0.3 is 6.03 Å². The number of carbonyl (C=O) groups excluding carboxylic acids is 1. The van der Waals surface area contributed by atoms with Gasteiger partial charge in [-0.2, -0.15) is 0 Å². The van der Waals surface area contributed by atoms with Gasteiger partial charge in [0.25, 0.3) is 0 Å². The first-order chi connectivity index (χ1) is 11.4. The summed E-state index contributed by atoms with van der Waals surface area (Å²) < 4.78 is 23.6. The molecular formula is C17H17N3O3S. The molecule has 124 valence electrons. The fraction of sp³-hybridized carbons (Fsp3) is 0.235. The van der Waals surface area contributed by atoms with Crippen molar-refractivity contribution in [2.75, 3.05) is 22.1 Å². The largest absolute Gasteiger partial charge is 0.399 e. The normalized spacial score (nSPS) is 24.7. The van der Waals surface area contributed by atoms with Crippen molar-refractivity contribution in [3.8, 4) is 11.1 Å². The number of rotatable bonds is 2. The van der Waals surface area contributed by atoms with Crippen LogP contribution < -0.4 is 16.0 Å². The number of anilines is 2. The van der Waals surface area contributed by atoms with Crippen molar-refractivity contribution in [2.45, 2.75) is 12.1 Å².